The number of carbonyl (C=O) groups is 1. The van der Waals surface area contributed by atoms with Crippen LogP contribution in [0.4, 0.5) is 0 Å². The lowest BCUT2D eigenvalue weighted by Crippen LogP contribution is -2.43. The lowest BCUT2D eigenvalue weighted by atomic mass is 10.1. The molecular weight excluding hydrogens is 342 g/mol. The van der Waals surface area contributed by atoms with Gasteiger partial charge in [0.2, 0.25) is 6.79 Å². The van der Waals surface area contributed by atoms with Crippen molar-refractivity contribution in [1.29, 1.82) is 0 Å². The summed E-state index contributed by atoms with van der Waals surface area (Å²) in [6.07, 6.45) is 0. The third kappa shape index (κ3) is 3.42. The smallest absolute Gasteiger partial charge is 0.252 e. The van der Waals surface area contributed by atoms with E-state index in [1.165, 1.54) is 0 Å². The first-order valence-corrected chi connectivity index (χ1v) is 11.7. The topological polar surface area (TPSA) is 47.6 Å². The zero-order valence-corrected chi connectivity index (χ0v) is 15.7. The van der Waals surface area contributed by atoms with Gasteiger partial charge in [0.05, 0.1) is 18.7 Å². The Bertz CT molecular complexity index is 786. The Kier molecular flexibility index (Phi) is 4.56. The van der Waals surface area contributed by atoms with Gasteiger partial charge in [0.15, 0.2) is 11.5 Å². The summed E-state index contributed by atoms with van der Waals surface area (Å²) in [4.78, 5) is 12.7. The van der Waals surface area contributed by atoms with Crippen LogP contribution in [0.25, 0.3) is 0 Å². The van der Waals surface area contributed by atoms with E-state index >= 15 is 0 Å². The summed E-state index contributed by atoms with van der Waals surface area (Å²) in [7, 11) is -1.68. The Labute approximate surface area is 147 Å². The van der Waals surface area contributed by atoms with E-state index in [1.54, 1.807) is 6.07 Å². The van der Waals surface area contributed by atoms with Crippen molar-refractivity contribution in [3.8, 4) is 11.5 Å². The van der Waals surface area contributed by atoms with Crippen molar-refractivity contribution in [3.05, 3.63) is 52.5 Å². The van der Waals surface area contributed by atoms with Gasteiger partial charge in [-0.05, 0) is 28.9 Å². The number of nitrogens with one attached hydrogen (secondary N) is 1. The van der Waals surface area contributed by atoms with Crippen molar-refractivity contribution in [1.82, 2.24) is 5.32 Å². The van der Waals surface area contributed by atoms with Crippen molar-refractivity contribution < 1.29 is 14.3 Å². The minimum atomic E-state index is -1.68. The van der Waals surface area contributed by atoms with Crippen molar-refractivity contribution >= 4 is 30.8 Å². The lowest BCUT2D eigenvalue weighted by Gasteiger charge is -2.21. The summed E-state index contributed by atoms with van der Waals surface area (Å²) in [5.74, 6) is 1.30. The Hall–Kier alpha value is -1.98. The average molecular weight is 362 g/mol. The second kappa shape index (κ2) is 6.49. The maximum absolute atomic E-state index is 12.7. The van der Waals surface area contributed by atoms with Crippen molar-refractivity contribution in [2.75, 3.05) is 6.79 Å². The summed E-state index contributed by atoms with van der Waals surface area (Å²) < 4.78 is 10.7. The standard InChI is InChI=1S/C18H20ClNO3Si/c1-24(2,3)16-6-4-5-13(19)17(16)18(21)20-10-12-7-8-14-15(9-12)23-11-22-14/h4-9H,10-11H2,1-3H3,(H,20,21). The third-order valence-corrected chi connectivity index (χ3v) is 6.29. The van der Waals surface area contributed by atoms with Crippen LogP contribution in [-0.2, 0) is 6.54 Å². The molecule has 1 aliphatic rings. The molecule has 2 aromatic rings. The molecule has 1 amide bonds. The molecule has 0 aliphatic carbocycles. The van der Waals surface area contributed by atoms with Crippen LogP contribution in [0.15, 0.2) is 36.4 Å². The molecule has 24 heavy (non-hydrogen) atoms. The predicted octanol–water partition coefficient (Wildman–Crippen LogP) is 3.54. The number of hydrogen-bond acceptors (Lipinski definition) is 3. The number of hydrogen-bond donors (Lipinski definition) is 1. The molecule has 0 aromatic heterocycles. The van der Waals surface area contributed by atoms with E-state index in [9.17, 15) is 4.79 Å². The highest BCUT2D eigenvalue weighted by Crippen LogP contribution is 2.32. The number of carbonyl (C=O) groups excluding carboxylic acids is 1. The van der Waals surface area contributed by atoms with Gasteiger partial charge in [-0.2, -0.15) is 0 Å². The first kappa shape index (κ1) is 16.9. The van der Waals surface area contributed by atoms with Crippen LogP contribution in [-0.4, -0.2) is 20.8 Å². The maximum atomic E-state index is 12.7. The van der Waals surface area contributed by atoms with Gasteiger partial charge in [-0.15, -0.1) is 0 Å². The number of benzene rings is 2. The fourth-order valence-electron chi connectivity index (χ4n) is 2.70. The van der Waals surface area contributed by atoms with Crippen molar-refractivity contribution in [2.45, 2.75) is 26.2 Å². The SMILES string of the molecule is C[Si](C)(C)c1cccc(Cl)c1C(=O)NCc1ccc2c(c1)OCO2. The fourth-order valence-corrected chi connectivity index (χ4v) is 4.64. The quantitative estimate of drug-likeness (QED) is 0.847. The minimum Gasteiger partial charge on any atom is -0.454 e. The minimum absolute atomic E-state index is 0.143. The number of fused-ring (bicyclic) bond motifs is 1. The highest BCUT2D eigenvalue weighted by Gasteiger charge is 2.25. The van der Waals surface area contributed by atoms with Crippen LogP contribution in [0.2, 0.25) is 24.7 Å². The molecule has 0 atom stereocenters. The van der Waals surface area contributed by atoms with Gasteiger partial charge in [0, 0.05) is 6.54 Å². The van der Waals surface area contributed by atoms with Gasteiger partial charge < -0.3 is 14.8 Å². The van der Waals surface area contributed by atoms with Crippen LogP contribution in [0.3, 0.4) is 0 Å². The highest BCUT2D eigenvalue weighted by molar-refractivity contribution is 6.89. The summed E-state index contributed by atoms with van der Waals surface area (Å²) in [5.41, 5.74) is 1.55. The molecule has 0 bridgehead atoms. The van der Waals surface area contributed by atoms with Crippen LogP contribution in [0.5, 0.6) is 11.5 Å². The Balaban J connectivity index is 1.79. The van der Waals surface area contributed by atoms with Gasteiger partial charge in [0.25, 0.3) is 5.91 Å². The summed E-state index contributed by atoms with van der Waals surface area (Å²) in [5, 5.41) is 4.53. The molecule has 126 valence electrons. The third-order valence-electron chi connectivity index (χ3n) is 3.94. The van der Waals surface area contributed by atoms with Gasteiger partial charge in [-0.1, -0.05) is 49.4 Å². The molecule has 0 saturated carbocycles. The summed E-state index contributed by atoms with van der Waals surface area (Å²) in [6.45, 7) is 7.25. The van der Waals surface area contributed by atoms with Gasteiger partial charge in [-0.25, -0.2) is 0 Å². The molecule has 1 heterocycles. The zero-order chi connectivity index (χ0) is 17.3. The molecule has 1 N–H and O–H groups in total. The molecule has 0 spiro atoms. The molecule has 4 nitrogen and oxygen atoms in total. The number of amides is 1. The predicted molar refractivity (Wildman–Crippen MR) is 98.2 cm³/mol. The van der Waals surface area contributed by atoms with Gasteiger partial charge >= 0.3 is 0 Å². The average Bonchev–Trinajstić information content (AvgIpc) is 2.99. The van der Waals surface area contributed by atoms with E-state index in [2.05, 4.69) is 25.0 Å². The normalized spacial score (nSPS) is 13.0. The number of ether oxygens (including phenoxy) is 2. The van der Waals surface area contributed by atoms with Crippen LogP contribution >= 0.6 is 11.6 Å². The molecule has 0 unspecified atom stereocenters. The van der Waals surface area contributed by atoms with E-state index in [-0.39, 0.29) is 12.7 Å². The number of halogens is 1. The molecule has 0 saturated heterocycles. The van der Waals surface area contributed by atoms with E-state index in [1.807, 2.05) is 30.3 Å². The Morgan fingerprint density at radius 3 is 2.67 bits per heavy atom. The largest absolute Gasteiger partial charge is 0.454 e. The monoisotopic (exact) mass is 361 g/mol. The Morgan fingerprint density at radius 2 is 1.92 bits per heavy atom. The van der Waals surface area contributed by atoms with Crippen LogP contribution < -0.4 is 20.0 Å². The molecule has 2 aromatic carbocycles. The number of rotatable bonds is 4. The molecule has 6 heteroatoms. The van der Waals surface area contributed by atoms with Gasteiger partial charge in [0.1, 0.15) is 0 Å². The van der Waals surface area contributed by atoms with Crippen molar-refractivity contribution in [2.24, 2.45) is 0 Å². The molecular formula is C18H20ClNO3Si. The van der Waals surface area contributed by atoms with Gasteiger partial charge in [-0.3, -0.25) is 4.79 Å². The molecule has 3 rings (SSSR count). The molecule has 1 aliphatic heterocycles. The zero-order valence-electron chi connectivity index (χ0n) is 14.0. The van der Waals surface area contributed by atoms with E-state index in [4.69, 9.17) is 21.1 Å². The first-order valence-electron chi connectivity index (χ1n) is 7.82. The maximum Gasteiger partial charge on any atom is 0.252 e. The molecule has 0 fully saturated rings. The van der Waals surface area contributed by atoms with E-state index in [0.29, 0.717) is 22.9 Å². The first-order chi connectivity index (χ1) is 11.4. The fraction of sp³-hybridized carbons (Fsp3) is 0.278. The second-order valence-electron chi connectivity index (χ2n) is 6.78. The van der Waals surface area contributed by atoms with Crippen molar-refractivity contribution in [3.63, 3.8) is 0 Å². The Morgan fingerprint density at radius 1 is 1.17 bits per heavy atom. The van der Waals surface area contributed by atoms with Crippen LogP contribution in [0.1, 0.15) is 15.9 Å². The highest BCUT2D eigenvalue weighted by atomic mass is 35.5. The summed E-state index contributed by atoms with van der Waals surface area (Å²) in [6, 6.07) is 11.3. The molecule has 0 radical (unpaired) electrons. The van der Waals surface area contributed by atoms with E-state index < -0.39 is 8.07 Å². The lowest BCUT2D eigenvalue weighted by molar-refractivity contribution is 0.0952. The summed E-state index contributed by atoms with van der Waals surface area (Å²) >= 11 is 6.31. The van der Waals surface area contributed by atoms with E-state index in [0.717, 1.165) is 16.5 Å². The van der Waals surface area contributed by atoms with Crippen LogP contribution in [0, 0.1) is 0 Å². The second-order valence-corrected chi connectivity index (χ2v) is 12.2.